The van der Waals surface area contributed by atoms with Crippen LogP contribution in [-0.2, 0) is 23.7 Å². The average molecular weight is 418 g/mol. The normalized spacial score (nSPS) is 32.1. The quantitative estimate of drug-likeness (QED) is 0.370. The third-order valence-corrected chi connectivity index (χ3v) is 5.69. The Bertz CT molecular complexity index is 464. The number of nitrogens with one attached hydrogen (secondary N) is 1. The fraction of sp³-hybridized carbons (Fsp3) is 0.952. The number of methoxy groups -OCH3 is 1. The van der Waals surface area contributed by atoms with Gasteiger partial charge in [-0.2, -0.15) is 0 Å². The maximum atomic E-state index is 10.9. The zero-order valence-corrected chi connectivity index (χ0v) is 17.9. The van der Waals surface area contributed by atoms with Crippen LogP contribution in [0.3, 0.4) is 0 Å². The monoisotopic (exact) mass is 417 g/mol. The Morgan fingerprint density at radius 1 is 1.07 bits per heavy atom. The molecule has 0 radical (unpaired) electrons. The van der Waals surface area contributed by atoms with Gasteiger partial charge in [0.05, 0.1) is 19.2 Å². The molecule has 3 N–H and O–H groups in total. The van der Waals surface area contributed by atoms with Crippen molar-refractivity contribution >= 4 is 5.97 Å². The summed E-state index contributed by atoms with van der Waals surface area (Å²) in [7, 11) is 1.46. The molecular formula is C21H39NO7. The van der Waals surface area contributed by atoms with E-state index in [4.69, 9.17) is 24.1 Å². The smallest absolute Gasteiger partial charge is 0.317 e. The fourth-order valence-corrected chi connectivity index (χ4v) is 4.04. The molecule has 0 amide bonds. The second-order valence-corrected chi connectivity index (χ2v) is 8.05. The zero-order valence-electron chi connectivity index (χ0n) is 17.9. The van der Waals surface area contributed by atoms with E-state index in [0.29, 0.717) is 6.61 Å². The van der Waals surface area contributed by atoms with Crippen molar-refractivity contribution in [2.45, 2.75) is 108 Å². The van der Waals surface area contributed by atoms with E-state index >= 15 is 0 Å². The molecule has 2 saturated heterocycles. The highest BCUT2D eigenvalue weighted by atomic mass is 16.7. The largest absolute Gasteiger partial charge is 0.480 e. The molecular weight excluding hydrogens is 378 g/mol. The molecule has 0 aromatic rings. The standard InChI is InChI=1S/C21H39NO7/c1-3-4-5-6-7-8-9-10-11-12-17-27-14-15-20(29-17)19(25)18(21(26-2)28-15)22-13-16(23)24/h15,17-22,25H,3-14H2,1-2H3,(H,23,24)/t15-,17?,18-,19-,20-,21+/m1/s1. The van der Waals surface area contributed by atoms with Crippen LogP contribution >= 0.6 is 0 Å². The molecule has 0 aromatic heterocycles. The van der Waals surface area contributed by atoms with Crippen molar-refractivity contribution in [1.82, 2.24) is 5.32 Å². The second-order valence-electron chi connectivity index (χ2n) is 8.05. The highest BCUT2D eigenvalue weighted by Crippen LogP contribution is 2.30. The summed E-state index contributed by atoms with van der Waals surface area (Å²) in [4.78, 5) is 10.9. The number of rotatable bonds is 14. The number of carbonyl (C=O) groups is 1. The number of unbranched alkanes of at least 4 members (excludes halogenated alkanes) is 8. The van der Waals surface area contributed by atoms with Crippen molar-refractivity contribution in [1.29, 1.82) is 0 Å². The Labute approximate surface area is 174 Å². The zero-order chi connectivity index (χ0) is 21.1. The molecule has 2 rings (SSSR count). The van der Waals surface area contributed by atoms with Gasteiger partial charge in [-0.05, 0) is 12.8 Å². The predicted octanol–water partition coefficient (Wildman–Crippen LogP) is 2.42. The van der Waals surface area contributed by atoms with Gasteiger partial charge in [-0.1, -0.05) is 58.3 Å². The Morgan fingerprint density at radius 2 is 1.72 bits per heavy atom. The number of aliphatic carboxylic acids is 1. The lowest BCUT2D eigenvalue weighted by Gasteiger charge is -2.47. The topological polar surface area (TPSA) is 106 Å². The van der Waals surface area contributed by atoms with E-state index < -0.39 is 36.6 Å². The first-order valence-corrected chi connectivity index (χ1v) is 11.1. The fourth-order valence-electron chi connectivity index (χ4n) is 4.04. The molecule has 2 aliphatic rings. The van der Waals surface area contributed by atoms with Crippen molar-refractivity contribution in [3.63, 3.8) is 0 Å². The number of hydrogen-bond donors (Lipinski definition) is 3. The summed E-state index contributed by atoms with van der Waals surface area (Å²) in [5.41, 5.74) is 0. The minimum Gasteiger partial charge on any atom is -0.480 e. The summed E-state index contributed by atoms with van der Waals surface area (Å²) in [6, 6.07) is -0.677. The van der Waals surface area contributed by atoms with Gasteiger partial charge in [0.25, 0.3) is 0 Å². The van der Waals surface area contributed by atoms with E-state index in [2.05, 4.69) is 12.2 Å². The first-order valence-electron chi connectivity index (χ1n) is 11.1. The van der Waals surface area contributed by atoms with Gasteiger partial charge in [-0.15, -0.1) is 0 Å². The number of fused-ring (bicyclic) bond motifs is 1. The Balaban J connectivity index is 1.69. The van der Waals surface area contributed by atoms with Crippen molar-refractivity contribution in [2.75, 3.05) is 20.3 Å². The van der Waals surface area contributed by atoms with E-state index in [1.807, 2.05) is 0 Å². The maximum Gasteiger partial charge on any atom is 0.317 e. The van der Waals surface area contributed by atoms with Crippen LogP contribution in [-0.4, -0.2) is 73.4 Å². The van der Waals surface area contributed by atoms with Gasteiger partial charge in [0.2, 0.25) is 0 Å². The molecule has 0 bridgehead atoms. The molecule has 6 atom stereocenters. The van der Waals surface area contributed by atoms with Crippen molar-refractivity contribution < 1.29 is 34.0 Å². The van der Waals surface area contributed by atoms with E-state index in [-0.39, 0.29) is 12.8 Å². The Hall–Kier alpha value is -0.770. The lowest BCUT2D eigenvalue weighted by atomic mass is 9.95. The molecule has 0 aromatic carbocycles. The number of carboxylic acid groups (broad SMARTS) is 1. The van der Waals surface area contributed by atoms with E-state index in [0.717, 1.165) is 19.3 Å². The summed E-state index contributed by atoms with van der Waals surface area (Å²) in [6.07, 6.45) is 9.03. The van der Waals surface area contributed by atoms with Crippen LogP contribution in [0.15, 0.2) is 0 Å². The van der Waals surface area contributed by atoms with Gasteiger partial charge in [0.15, 0.2) is 12.6 Å². The van der Waals surface area contributed by atoms with Crippen molar-refractivity contribution in [3.8, 4) is 0 Å². The van der Waals surface area contributed by atoms with E-state index in [1.54, 1.807) is 0 Å². The molecule has 2 aliphatic heterocycles. The third-order valence-electron chi connectivity index (χ3n) is 5.69. The van der Waals surface area contributed by atoms with Gasteiger partial charge >= 0.3 is 5.97 Å². The van der Waals surface area contributed by atoms with Crippen LogP contribution in [0.4, 0.5) is 0 Å². The lowest BCUT2D eigenvalue weighted by molar-refractivity contribution is -0.339. The Kier molecular flexibility index (Phi) is 11.4. The summed E-state index contributed by atoms with van der Waals surface area (Å²) in [6.45, 7) is 2.27. The van der Waals surface area contributed by atoms with Crippen LogP contribution < -0.4 is 5.32 Å². The molecule has 2 fully saturated rings. The van der Waals surface area contributed by atoms with Crippen LogP contribution in [0.5, 0.6) is 0 Å². The van der Waals surface area contributed by atoms with Crippen LogP contribution in [0.2, 0.25) is 0 Å². The number of ether oxygens (including phenoxy) is 4. The summed E-state index contributed by atoms with van der Waals surface area (Å²) >= 11 is 0. The molecule has 0 spiro atoms. The predicted molar refractivity (Wildman–Crippen MR) is 108 cm³/mol. The molecule has 29 heavy (non-hydrogen) atoms. The lowest BCUT2D eigenvalue weighted by Crippen LogP contribution is -2.67. The summed E-state index contributed by atoms with van der Waals surface area (Å²) < 4.78 is 22.8. The molecule has 0 aliphatic carbocycles. The van der Waals surface area contributed by atoms with Crippen LogP contribution in [0, 0.1) is 0 Å². The van der Waals surface area contributed by atoms with Crippen LogP contribution in [0.1, 0.15) is 71.1 Å². The van der Waals surface area contributed by atoms with E-state index in [1.165, 1.54) is 52.1 Å². The highest BCUT2D eigenvalue weighted by Gasteiger charge is 2.49. The van der Waals surface area contributed by atoms with Crippen molar-refractivity contribution in [3.05, 3.63) is 0 Å². The minimum absolute atomic E-state index is 0.291. The molecule has 170 valence electrons. The molecule has 1 unspecified atom stereocenters. The second kappa shape index (κ2) is 13.5. The van der Waals surface area contributed by atoms with Gasteiger partial charge in [0.1, 0.15) is 18.3 Å². The first-order chi connectivity index (χ1) is 14.1. The number of aliphatic hydroxyl groups excluding tert-OH is 1. The third kappa shape index (κ3) is 8.11. The first kappa shape index (κ1) is 24.5. The number of aliphatic hydroxyl groups is 1. The van der Waals surface area contributed by atoms with Gasteiger partial charge < -0.3 is 29.2 Å². The molecule has 0 saturated carbocycles. The molecule has 8 nitrogen and oxygen atoms in total. The SMILES string of the molecule is CCCCCCCCCCCC1OC[C@H]2O[C@H](OC)[C@H](NCC(=O)O)[C@@H](O)[C@@H]2O1. The molecule has 2 heterocycles. The highest BCUT2D eigenvalue weighted by molar-refractivity contribution is 5.69. The van der Waals surface area contributed by atoms with Gasteiger partial charge in [0, 0.05) is 7.11 Å². The average Bonchev–Trinajstić information content (AvgIpc) is 2.71. The van der Waals surface area contributed by atoms with Crippen LogP contribution in [0.25, 0.3) is 0 Å². The van der Waals surface area contributed by atoms with Gasteiger partial charge in [-0.3, -0.25) is 10.1 Å². The number of hydrogen-bond acceptors (Lipinski definition) is 7. The van der Waals surface area contributed by atoms with E-state index in [9.17, 15) is 9.90 Å². The summed E-state index contributed by atoms with van der Waals surface area (Å²) in [5.74, 6) is -1.01. The maximum absolute atomic E-state index is 10.9. The molecule has 8 heteroatoms. The summed E-state index contributed by atoms with van der Waals surface area (Å²) in [5, 5.41) is 22.4. The minimum atomic E-state index is -1.01. The Morgan fingerprint density at radius 3 is 2.34 bits per heavy atom. The van der Waals surface area contributed by atoms with Gasteiger partial charge in [-0.25, -0.2) is 0 Å². The van der Waals surface area contributed by atoms with Crippen molar-refractivity contribution in [2.24, 2.45) is 0 Å². The number of carboxylic acids is 1.